The zero-order chi connectivity index (χ0) is 74.6. The summed E-state index contributed by atoms with van der Waals surface area (Å²) in [6, 6.07) is 2.27. The van der Waals surface area contributed by atoms with E-state index in [-0.39, 0.29) is 7.43 Å². The maximum Gasteiger partial charge on any atom is 0.500 e. The highest BCUT2D eigenvalue weighted by Gasteiger charge is 2.39. The standard InChI is InChI=1S/C15H36N2O5Si.C10H22O5Si.C9H20O5Si.C6H16N2.11C2H6.3CH4O.CH4/c1-19-23(20-2,21-3)12-8-11-22-14-15(18)13-17-10-7-5-4-6-9-16;1-4-15-16(11-2,12-3)7-5-6-13-8-10-9-14-10;1-10-15(11-2,12-3)6-4-5-13-7-9-8-14-9;7-5-3-1-2-4-6-8;14*1-2;/h15,17-18H,4-14,16H2,1-3H3;10H,4-9H2,1-3H3;9H,4-8H2,1-3H3;1-8H2;11*1-2H3;3*2H,1H3;1H4. The van der Waals surface area contributed by atoms with Crippen LogP contribution in [0.4, 0.5) is 0 Å². The van der Waals surface area contributed by atoms with Gasteiger partial charge in [0.15, 0.2) is 0 Å². The summed E-state index contributed by atoms with van der Waals surface area (Å²) in [5, 5.41) is 34.1. The molecule has 0 aromatic rings. The van der Waals surface area contributed by atoms with Gasteiger partial charge >= 0.3 is 26.4 Å². The summed E-state index contributed by atoms with van der Waals surface area (Å²) < 4.78 is 74.7. The number of nitrogens with one attached hydrogen (secondary N) is 1. The highest BCUT2D eigenvalue weighted by molar-refractivity contribution is 6.61. The van der Waals surface area contributed by atoms with Crippen LogP contribution in [0.2, 0.25) is 18.1 Å². The van der Waals surface area contributed by atoms with Crippen molar-refractivity contribution in [2.45, 2.75) is 274 Å². The van der Waals surface area contributed by atoms with Crippen molar-refractivity contribution in [3.63, 3.8) is 0 Å². The lowest BCUT2D eigenvalue weighted by Crippen LogP contribution is -2.43. The molecule has 0 spiro atoms. The van der Waals surface area contributed by atoms with E-state index in [4.69, 9.17) is 96.0 Å². The van der Waals surface area contributed by atoms with E-state index in [1.165, 1.54) is 25.7 Å². The summed E-state index contributed by atoms with van der Waals surface area (Å²) >= 11 is 0. The lowest BCUT2D eigenvalue weighted by molar-refractivity contribution is 0.0352. The van der Waals surface area contributed by atoms with Crippen molar-refractivity contribution in [1.29, 1.82) is 0 Å². The molecular formula is C66H176N4O18Si3. The minimum Gasteiger partial charge on any atom is -0.400 e. The Morgan fingerprint density at radius 1 is 0.396 bits per heavy atom. The lowest BCUT2D eigenvalue weighted by Gasteiger charge is -2.25. The van der Waals surface area contributed by atoms with Gasteiger partial charge in [-0.1, -0.05) is 185 Å². The van der Waals surface area contributed by atoms with Crippen LogP contribution in [0.5, 0.6) is 0 Å². The van der Waals surface area contributed by atoms with E-state index < -0.39 is 32.5 Å². The molecule has 0 saturated carbocycles. The van der Waals surface area contributed by atoms with E-state index in [2.05, 4.69) is 5.32 Å². The molecule has 580 valence electrons. The Kier molecular flexibility index (Phi) is 215. The van der Waals surface area contributed by atoms with Crippen molar-refractivity contribution in [1.82, 2.24) is 5.32 Å². The minimum absolute atomic E-state index is 0. The Morgan fingerprint density at radius 3 is 0.868 bits per heavy atom. The summed E-state index contributed by atoms with van der Waals surface area (Å²) in [5.74, 6) is 0. The van der Waals surface area contributed by atoms with Crippen molar-refractivity contribution >= 4 is 26.4 Å². The monoisotopic (exact) mass is 1400 g/mol. The molecule has 0 aromatic heterocycles. The number of hydrogen-bond acceptors (Lipinski definition) is 22. The Balaban J connectivity index is -0.0000000481. The molecule has 0 aromatic carbocycles. The van der Waals surface area contributed by atoms with Gasteiger partial charge in [0.25, 0.3) is 0 Å². The molecule has 0 radical (unpaired) electrons. The van der Waals surface area contributed by atoms with E-state index in [1.54, 1.807) is 56.9 Å². The Bertz CT molecular complexity index is 915. The van der Waals surface area contributed by atoms with Crippen molar-refractivity contribution in [3.8, 4) is 0 Å². The van der Waals surface area contributed by atoms with E-state index >= 15 is 0 Å². The molecule has 2 heterocycles. The summed E-state index contributed by atoms with van der Waals surface area (Å²) in [6.45, 7) is 55.8. The first kappa shape index (κ1) is 134. The molecule has 0 aliphatic carbocycles. The van der Waals surface area contributed by atoms with Crippen molar-refractivity contribution in [2.24, 2.45) is 17.2 Å². The predicted molar refractivity (Wildman–Crippen MR) is 404 cm³/mol. The SMILES string of the molecule is C.CC.CC.CC.CC.CC.CC.CC.CC.CC.CC.CC.CCO[Si](CCCOCC1CO1)(OC)OC.CO.CO.CO.CO[Si](CCCOCC(O)CNCCCCCCN)(OC)OC.CO[Si](CCCOCC1CO1)(OC)OC.NCCCCCCN. The lowest BCUT2D eigenvalue weighted by atomic mass is 10.2. The highest BCUT2D eigenvalue weighted by atomic mass is 28.4. The van der Waals surface area contributed by atoms with Crippen molar-refractivity contribution in [2.75, 3.05) is 170 Å². The normalized spacial score (nSPS) is 12.1. The van der Waals surface area contributed by atoms with E-state index in [0.29, 0.717) is 71.0 Å². The topological polar surface area (TPSA) is 307 Å². The Hall–Kier alpha value is -0.229. The van der Waals surface area contributed by atoms with Gasteiger partial charge in [-0.3, -0.25) is 0 Å². The van der Waals surface area contributed by atoms with E-state index in [1.807, 2.05) is 159 Å². The van der Waals surface area contributed by atoms with E-state index in [9.17, 15) is 5.11 Å². The highest BCUT2D eigenvalue weighted by Crippen LogP contribution is 2.18. The molecule has 25 heteroatoms. The largest absolute Gasteiger partial charge is 0.500 e. The fourth-order valence-corrected chi connectivity index (χ4v) is 11.0. The number of hydrogen-bond donors (Lipinski definition) is 8. The molecule has 2 rings (SSSR count). The fraction of sp³-hybridized carbons (Fsp3) is 1.00. The van der Waals surface area contributed by atoms with Crippen LogP contribution >= 0.6 is 0 Å². The first-order chi connectivity index (χ1) is 44.1. The number of ether oxygens (including phenoxy) is 5. The van der Waals surface area contributed by atoms with Crippen LogP contribution in [0.15, 0.2) is 0 Å². The van der Waals surface area contributed by atoms with Gasteiger partial charge in [-0.2, -0.15) is 0 Å². The third kappa shape index (κ3) is 124. The van der Waals surface area contributed by atoms with Gasteiger partial charge in [0.05, 0.1) is 39.1 Å². The van der Waals surface area contributed by atoms with Crippen LogP contribution in [0.3, 0.4) is 0 Å². The summed E-state index contributed by atoms with van der Waals surface area (Å²) in [5.41, 5.74) is 16.0. The van der Waals surface area contributed by atoms with Crippen LogP contribution < -0.4 is 22.5 Å². The second kappa shape index (κ2) is 145. The third-order valence-corrected chi connectivity index (χ3v) is 18.3. The first-order valence-electron chi connectivity index (χ1n) is 34.9. The number of aliphatic hydroxyl groups excluding tert-OH is 4. The molecule has 91 heavy (non-hydrogen) atoms. The zero-order valence-electron chi connectivity index (χ0n) is 66.8. The quantitative estimate of drug-likeness (QED) is 0.0160. The van der Waals surface area contributed by atoms with Gasteiger partial charge in [-0.05, 0) is 78.0 Å². The second-order valence-electron chi connectivity index (χ2n) is 14.6. The summed E-state index contributed by atoms with van der Waals surface area (Å²) in [4.78, 5) is 0. The van der Waals surface area contributed by atoms with Gasteiger partial charge in [-0.15, -0.1) is 0 Å². The van der Waals surface area contributed by atoms with Gasteiger partial charge < -0.3 is 106 Å². The summed E-state index contributed by atoms with van der Waals surface area (Å²) in [7, 11) is 8.66. The maximum absolute atomic E-state index is 9.82. The molecule has 0 amide bonds. The third-order valence-electron chi connectivity index (χ3n) is 9.74. The average Bonchev–Trinajstić information content (AvgIpc) is 4.72. The van der Waals surface area contributed by atoms with Crippen LogP contribution in [0.25, 0.3) is 0 Å². The molecule has 11 N–H and O–H groups in total. The van der Waals surface area contributed by atoms with Crippen LogP contribution in [0.1, 0.15) is 237 Å². The van der Waals surface area contributed by atoms with Gasteiger partial charge in [0, 0.05) is 129 Å². The molecule has 2 aliphatic heterocycles. The van der Waals surface area contributed by atoms with Gasteiger partial charge in [-0.25, -0.2) is 0 Å². The fourth-order valence-electron chi connectivity index (χ4n) is 5.68. The minimum atomic E-state index is -2.50. The average molecular weight is 1400 g/mol. The van der Waals surface area contributed by atoms with Crippen LogP contribution in [-0.2, 0) is 63.5 Å². The number of aliphatic hydroxyl groups is 4. The predicted octanol–water partition coefficient (Wildman–Crippen LogP) is 13.7. The number of epoxide rings is 2. The molecule has 3 unspecified atom stereocenters. The summed E-state index contributed by atoms with van der Waals surface area (Å²) in [6.07, 6.45) is 12.1. The molecule has 2 saturated heterocycles. The smallest absolute Gasteiger partial charge is 0.400 e. The van der Waals surface area contributed by atoms with Gasteiger partial charge in [0.2, 0.25) is 0 Å². The zero-order valence-corrected chi connectivity index (χ0v) is 69.8. The molecule has 0 bridgehead atoms. The maximum atomic E-state index is 9.82. The molecule has 3 atom stereocenters. The first-order valence-corrected chi connectivity index (χ1v) is 40.7. The second-order valence-corrected chi connectivity index (χ2v) is 23.8. The van der Waals surface area contributed by atoms with E-state index in [0.717, 1.165) is 118 Å². The van der Waals surface area contributed by atoms with Crippen molar-refractivity contribution in [3.05, 3.63) is 0 Å². The Labute approximate surface area is 574 Å². The molecular weight excluding hydrogens is 1220 g/mol. The molecule has 2 aliphatic rings. The van der Waals surface area contributed by atoms with Crippen LogP contribution in [-0.4, -0.2) is 236 Å². The Morgan fingerprint density at radius 2 is 0.637 bits per heavy atom. The molecule has 2 fully saturated rings. The number of nitrogens with two attached hydrogens (primary N) is 3. The van der Waals surface area contributed by atoms with Gasteiger partial charge in [0.1, 0.15) is 12.2 Å². The van der Waals surface area contributed by atoms with Crippen molar-refractivity contribution < 1.29 is 83.9 Å². The van der Waals surface area contributed by atoms with Crippen LogP contribution in [0, 0.1) is 0 Å². The number of unbranched alkanes of at least 4 members (excludes halogenated alkanes) is 6. The molecule has 22 nitrogen and oxygen atoms in total. The number of rotatable bonds is 41.